The Morgan fingerprint density at radius 2 is 1.91 bits per heavy atom. The van der Waals surface area contributed by atoms with Gasteiger partial charge < -0.3 is 26.6 Å². The van der Waals surface area contributed by atoms with Crippen LogP contribution in [0.2, 0.25) is 0 Å². The SMILES string of the molecule is CCCC(N)Nc1nc(N)nc2cn(Cc3ccc(Oc4ccc(C(C)(C)O)cc4)nc3)nc12. The number of rotatable bonds is 9. The summed E-state index contributed by atoms with van der Waals surface area (Å²) in [6, 6.07) is 11.0. The molecule has 1 atom stereocenters. The number of aliphatic hydroxyl groups is 1. The van der Waals surface area contributed by atoms with Crippen LogP contribution in [0.1, 0.15) is 44.7 Å². The lowest BCUT2D eigenvalue weighted by molar-refractivity contribution is 0.0785. The molecule has 3 heterocycles. The van der Waals surface area contributed by atoms with E-state index in [2.05, 4.69) is 32.3 Å². The monoisotopic (exact) mass is 462 g/mol. The zero-order valence-corrected chi connectivity index (χ0v) is 19.6. The third kappa shape index (κ3) is 5.59. The zero-order valence-electron chi connectivity index (χ0n) is 19.6. The second-order valence-corrected chi connectivity index (χ2v) is 8.72. The summed E-state index contributed by atoms with van der Waals surface area (Å²) in [6.45, 7) is 6.04. The van der Waals surface area contributed by atoms with E-state index in [4.69, 9.17) is 16.2 Å². The third-order valence-electron chi connectivity index (χ3n) is 5.28. The predicted molar refractivity (Wildman–Crippen MR) is 131 cm³/mol. The average Bonchev–Trinajstić information content (AvgIpc) is 3.17. The summed E-state index contributed by atoms with van der Waals surface area (Å²) in [5.74, 6) is 1.81. The molecule has 0 fully saturated rings. The number of anilines is 2. The molecule has 0 aliphatic rings. The Morgan fingerprint density at radius 3 is 2.56 bits per heavy atom. The summed E-state index contributed by atoms with van der Waals surface area (Å²) >= 11 is 0. The van der Waals surface area contributed by atoms with Gasteiger partial charge in [-0.2, -0.15) is 10.1 Å². The lowest BCUT2D eigenvalue weighted by Gasteiger charge is -2.17. The number of pyridine rings is 1. The normalized spacial score (nSPS) is 12.6. The molecule has 3 aromatic heterocycles. The van der Waals surface area contributed by atoms with Gasteiger partial charge in [0.25, 0.3) is 0 Å². The highest BCUT2D eigenvalue weighted by Crippen LogP contribution is 2.25. The Bertz CT molecular complexity index is 1250. The highest BCUT2D eigenvalue weighted by Gasteiger charge is 2.16. The molecule has 0 spiro atoms. The van der Waals surface area contributed by atoms with Crippen molar-refractivity contribution < 1.29 is 9.84 Å². The largest absolute Gasteiger partial charge is 0.439 e. The number of ether oxygens (including phenoxy) is 1. The van der Waals surface area contributed by atoms with Gasteiger partial charge in [-0.1, -0.05) is 31.5 Å². The number of nitrogen functional groups attached to an aromatic ring is 1. The van der Waals surface area contributed by atoms with E-state index in [1.165, 1.54) is 0 Å². The summed E-state index contributed by atoms with van der Waals surface area (Å²) in [4.78, 5) is 13.0. The van der Waals surface area contributed by atoms with Crippen molar-refractivity contribution in [3.63, 3.8) is 0 Å². The fourth-order valence-electron chi connectivity index (χ4n) is 3.52. The summed E-state index contributed by atoms with van der Waals surface area (Å²) in [5.41, 5.74) is 14.1. The van der Waals surface area contributed by atoms with Gasteiger partial charge in [0, 0.05) is 12.3 Å². The molecular formula is C24H30N8O2. The fraction of sp³-hybridized carbons (Fsp3) is 0.333. The number of benzene rings is 1. The maximum atomic E-state index is 10.1. The minimum Gasteiger partial charge on any atom is -0.439 e. The van der Waals surface area contributed by atoms with Crippen molar-refractivity contribution in [3.8, 4) is 11.6 Å². The first-order chi connectivity index (χ1) is 16.2. The number of nitrogens with one attached hydrogen (secondary N) is 1. The molecule has 1 unspecified atom stereocenters. The molecule has 0 aliphatic heterocycles. The first kappa shape index (κ1) is 23.4. The Morgan fingerprint density at radius 1 is 1.15 bits per heavy atom. The van der Waals surface area contributed by atoms with Crippen molar-refractivity contribution in [2.75, 3.05) is 11.1 Å². The van der Waals surface area contributed by atoms with Crippen molar-refractivity contribution in [2.24, 2.45) is 5.73 Å². The molecular weight excluding hydrogens is 432 g/mol. The van der Waals surface area contributed by atoms with Gasteiger partial charge in [0.1, 0.15) is 11.3 Å². The summed E-state index contributed by atoms with van der Waals surface area (Å²) in [7, 11) is 0. The molecule has 34 heavy (non-hydrogen) atoms. The van der Waals surface area contributed by atoms with Crippen LogP contribution in [-0.2, 0) is 12.1 Å². The maximum Gasteiger partial charge on any atom is 0.222 e. The van der Waals surface area contributed by atoms with Crippen LogP contribution < -0.4 is 21.5 Å². The molecule has 10 heteroatoms. The second-order valence-electron chi connectivity index (χ2n) is 8.72. The molecule has 0 bridgehead atoms. The Hall–Kier alpha value is -3.76. The Balaban J connectivity index is 1.46. The molecule has 0 saturated heterocycles. The fourth-order valence-corrected chi connectivity index (χ4v) is 3.52. The molecule has 1 aromatic carbocycles. The van der Waals surface area contributed by atoms with Crippen LogP contribution in [0.3, 0.4) is 0 Å². The van der Waals surface area contributed by atoms with Gasteiger partial charge in [-0.25, -0.2) is 9.97 Å². The number of nitrogens with two attached hydrogens (primary N) is 2. The Labute approximate surface area is 198 Å². The van der Waals surface area contributed by atoms with Crippen molar-refractivity contribution in [1.82, 2.24) is 24.7 Å². The topological polar surface area (TPSA) is 150 Å². The quantitative estimate of drug-likeness (QED) is 0.274. The third-order valence-corrected chi connectivity index (χ3v) is 5.28. The van der Waals surface area contributed by atoms with Gasteiger partial charge in [-0.3, -0.25) is 4.68 Å². The standard InChI is InChI=1S/C24H30N8O2/c1-4-5-19(25)29-22-21-18(28-23(26)30-22)14-32(31-21)13-15-6-11-20(27-12-15)34-17-9-7-16(8-10-17)24(2,3)33/h6-12,14,19,33H,4-5,13,25H2,1-3H3,(H3,26,28,29,30). The molecule has 178 valence electrons. The molecule has 4 rings (SSSR count). The highest BCUT2D eigenvalue weighted by molar-refractivity contribution is 5.85. The van der Waals surface area contributed by atoms with E-state index in [1.54, 1.807) is 30.8 Å². The van der Waals surface area contributed by atoms with Gasteiger partial charge in [0.05, 0.1) is 24.5 Å². The van der Waals surface area contributed by atoms with Gasteiger partial charge in [-0.15, -0.1) is 0 Å². The van der Waals surface area contributed by atoms with Crippen molar-refractivity contribution in [2.45, 2.75) is 51.9 Å². The summed E-state index contributed by atoms with van der Waals surface area (Å²) < 4.78 is 7.58. The minimum atomic E-state index is -0.897. The first-order valence-electron chi connectivity index (χ1n) is 11.2. The van der Waals surface area contributed by atoms with E-state index < -0.39 is 5.60 Å². The maximum absolute atomic E-state index is 10.1. The molecule has 0 amide bonds. The smallest absolute Gasteiger partial charge is 0.222 e. The molecule has 0 aliphatic carbocycles. The molecule has 4 aromatic rings. The van der Waals surface area contributed by atoms with E-state index in [-0.39, 0.29) is 12.1 Å². The minimum absolute atomic E-state index is 0.164. The van der Waals surface area contributed by atoms with E-state index in [0.29, 0.717) is 35.0 Å². The molecule has 0 radical (unpaired) electrons. The van der Waals surface area contributed by atoms with E-state index in [0.717, 1.165) is 24.0 Å². The van der Waals surface area contributed by atoms with Crippen LogP contribution >= 0.6 is 0 Å². The first-order valence-corrected chi connectivity index (χ1v) is 11.2. The predicted octanol–water partition coefficient (Wildman–Crippen LogP) is 3.37. The van der Waals surface area contributed by atoms with E-state index >= 15 is 0 Å². The average molecular weight is 463 g/mol. The zero-order chi connectivity index (χ0) is 24.3. The van der Waals surface area contributed by atoms with Crippen molar-refractivity contribution >= 4 is 22.8 Å². The number of hydrogen-bond acceptors (Lipinski definition) is 9. The van der Waals surface area contributed by atoms with Gasteiger partial charge >= 0.3 is 0 Å². The van der Waals surface area contributed by atoms with Crippen LogP contribution in [0.15, 0.2) is 48.8 Å². The molecule has 10 nitrogen and oxygen atoms in total. The van der Waals surface area contributed by atoms with Crippen LogP contribution in [-0.4, -0.2) is 36.0 Å². The van der Waals surface area contributed by atoms with Gasteiger partial charge in [0.2, 0.25) is 11.8 Å². The van der Waals surface area contributed by atoms with Gasteiger partial charge in [-0.05, 0) is 43.5 Å². The van der Waals surface area contributed by atoms with E-state index in [1.807, 2.05) is 36.5 Å². The number of hydrogen-bond donors (Lipinski definition) is 4. The number of fused-ring (bicyclic) bond motifs is 1. The number of nitrogens with zero attached hydrogens (tertiary/aromatic N) is 5. The van der Waals surface area contributed by atoms with Crippen molar-refractivity contribution in [3.05, 3.63) is 59.9 Å². The molecule has 6 N–H and O–H groups in total. The van der Waals surface area contributed by atoms with Crippen molar-refractivity contribution in [1.29, 1.82) is 0 Å². The summed E-state index contributed by atoms with van der Waals surface area (Å²) in [5, 5.41) is 17.9. The Kier molecular flexibility index (Phi) is 6.62. The van der Waals surface area contributed by atoms with Crippen LogP contribution in [0.25, 0.3) is 11.0 Å². The van der Waals surface area contributed by atoms with E-state index in [9.17, 15) is 5.11 Å². The lowest BCUT2D eigenvalue weighted by Crippen LogP contribution is -2.29. The van der Waals surface area contributed by atoms with Crippen LogP contribution in [0.5, 0.6) is 11.6 Å². The van der Waals surface area contributed by atoms with Crippen LogP contribution in [0, 0.1) is 0 Å². The van der Waals surface area contributed by atoms with Crippen LogP contribution in [0.4, 0.5) is 11.8 Å². The second kappa shape index (κ2) is 9.62. The lowest BCUT2D eigenvalue weighted by atomic mass is 9.99. The number of aromatic nitrogens is 5. The summed E-state index contributed by atoms with van der Waals surface area (Å²) in [6.07, 6.45) is 5.07. The molecule has 0 saturated carbocycles. The highest BCUT2D eigenvalue weighted by atomic mass is 16.5. The van der Waals surface area contributed by atoms with Gasteiger partial charge in [0.15, 0.2) is 11.3 Å².